The van der Waals surface area contributed by atoms with Gasteiger partial charge in [-0.25, -0.2) is 0 Å². The Balaban J connectivity index is 2.44. The van der Waals surface area contributed by atoms with Gasteiger partial charge in [0.2, 0.25) is 0 Å². The smallest absolute Gasteiger partial charge is 0.163 e. The minimum Gasteiger partial charge on any atom is -0.491 e. The van der Waals surface area contributed by atoms with Crippen LogP contribution in [0.25, 0.3) is 0 Å². The van der Waals surface area contributed by atoms with Crippen molar-refractivity contribution in [2.24, 2.45) is 0 Å². The lowest BCUT2D eigenvalue weighted by molar-refractivity contribution is 0.101. The Bertz CT molecular complexity index is 438. The van der Waals surface area contributed by atoms with Crippen molar-refractivity contribution in [1.29, 1.82) is 5.26 Å². The van der Waals surface area contributed by atoms with Crippen molar-refractivity contribution in [3.8, 4) is 11.8 Å². The fraction of sp³-hybridized carbons (Fsp3) is 0.429. The second-order valence-electron chi connectivity index (χ2n) is 4.11. The van der Waals surface area contributed by atoms with Crippen molar-refractivity contribution in [3.63, 3.8) is 0 Å². The van der Waals surface area contributed by atoms with E-state index in [1.54, 1.807) is 12.1 Å². The topological polar surface area (TPSA) is 53.3 Å². The Morgan fingerprint density at radius 3 is 2.78 bits per heavy atom. The monoisotopic (exact) mass is 246 g/mol. The summed E-state index contributed by atoms with van der Waals surface area (Å²) >= 11 is 0. The zero-order chi connectivity index (χ0) is 13.4. The first kappa shape index (κ1) is 14.2. The summed E-state index contributed by atoms with van der Waals surface area (Å²) in [5.74, 6) is 0.627. The van der Waals surface area contributed by atoms with E-state index in [0.29, 0.717) is 24.3 Å². The van der Waals surface area contributed by atoms with Gasteiger partial charge in [0.05, 0.1) is 11.6 Å². The van der Waals surface area contributed by atoms with Crippen LogP contribution < -0.4 is 4.74 Å². The number of ether oxygens (including phenoxy) is 1. The summed E-state index contributed by atoms with van der Waals surface area (Å²) in [5.41, 5.74) is 0.608. The maximum atomic E-state index is 11.4. The van der Waals surface area contributed by atoms with Crippen LogP contribution in [0.5, 0.6) is 5.75 Å². The zero-order valence-electron chi connectivity index (χ0n) is 10.8. The summed E-state index contributed by atoms with van der Waals surface area (Å²) in [6.45, 7) is 3.50. The lowest BCUT2D eigenvalue weighted by Gasteiger charge is -2.16. The zero-order valence-corrected chi connectivity index (χ0v) is 10.8. The molecule has 0 amide bonds. The molecule has 0 radical (unpaired) electrons. The van der Waals surface area contributed by atoms with E-state index in [1.165, 1.54) is 6.92 Å². The molecule has 1 aromatic rings. The van der Waals surface area contributed by atoms with Crippen molar-refractivity contribution >= 4 is 5.78 Å². The van der Waals surface area contributed by atoms with Gasteiger partial charge >= 0.3 is 0 Å². The SMILES string of the molecule is CC(=O)c1ccccc1OCCN(C)CCC#N. The van der Waals surface area contributed by atoms with Crippen LogP contribution in [-0.4, -0.2) is 37.4 Å². The standard InChI is InChI=1S/C14H18N2O2/c1-12(17)13-6-3-4-7-14(13)18-11-10-16(2)9-5-8-15/h3-4,6-7H,5,9-11H2,1-2H3. The molecule has 0 bridgehead atoms. The molecule has 1 aromatic carbocycles. The summed E-state index contributed by atoms with van der Waals surface area (Å²) in [4.78, 5) is 13.4. The molecule has 96 valence electrons. The van der Waals surface area contributed by atoms with Crippen molar-refractivity contribution in [2.75, 3.05) is 26.7 Å². The van der Waals surface area contributed by atoms with Crippen LogP contribution in [-0.2, 0) is 0 Å². The number of Topliss-reactive ketones (excluding diaryl/α,β-unsaturated/α-hetero) is 1. The normalized spacial score (nSPS) is 10.1. The maximum absolute atomic E-state index is 11.4. The van der Waals surface area contributed by atoms with Crippen LogP contribution in [0.2, 0.25) is 0 Å². The average molecular weight is 246 g/mol. The van der Waals surface area contributed by atoms with Gasteiger partial charge in [-0.1, -0.05) is 12.1 Å². The number of hydrogen-bond acceptors (Lipinski definition) is 4. The van der Waals surface area contributed by atoms with Gasteiger partial charge in [-0.15, -0.1) is 0 Å². The lowest BCUT2D eigenvalue weighted by Crippen LogP contribution is -2.25. The van der Waals surface area contributed by atoms with E-state index in [-0.39, 0.29) is 5.78 Å². The number of likely N-dealkylation sites (N-methyl/N-ethyl adjacent to an activating group) is 1. The van der Waals surface area contributed by atoms with Gasteiger partial charge in [0.25, 0.3) is 0 Å². The number of carbonyl (C=O) groups excluding carboxylic acids is 1. The summed E-state index contributed by atoms with van der Waals surface area (Å²) in [7, 11) is 1.94. The van der Waals surface area contributed by atoms with E-state index in [9.17, 15) is 4.79 Å². The number of carbonyl (C=O) groups is 1. The van der Waals surface area contributed by atoms with E-state index in [2.05, 4.69) is 6.07 Å². The van der Waals surface area contributed by atoms with Gasteiger partial charge in [0.1, 0.15) is 12.4 Å². The van der Waals surface area contributed by atoms with Gasteiger partial charge in [-0.05, 0) is 26.1 Å². The van der Waals surface area contributed by atoms with Crippen LogP contribution in [0.1, 0.15) is 23.7 Å². The minimum absolute atomic E-state index is 0.00318. The number of nitrogens with zero attached hydrogens (tertiary/aromatic N) is 2. The Hall–Kier alpha value is -1.86. The number of ketones is 1. The van der Waals surface area contributed by atoms with E-state index < -0.39 is 0 Å². The highest BCUT2D eigenvalue weighted by Gasteiger charge is 2.07. The first-order valence-electron chi connectivity index (χ1n) is 5.93. The molecule has 18 heavy (non-hydrogen) atoms. The summed E-state index contributed by atoms with van der Waals surface area (Å²) in [6.07, 6.45) is 0.514. The molecular formula is C14H18N2O2. The molecule has 0 atom stereocenters. The van der Waals surface area contributed by atoms with Crippen molar-refractivity contribution in [1.82, 2.24) is 4.90 Å². The van der Waals surface area contributed by atoms with Crippen molar-refractivity contribution in [3.05, 3.63) is 29.8 Å². The van der Waals surface area contributed by atoms with Crippen LogP contribution in [0.4, 0.5) is 0 Å². The fourth-order valence-electron chi connectivity index (χ4n) is 1.55. The molecule has 1 rings (SSSR count). The summed E-state index contributed by atoms with van der Waals surface area (Å²) in [5, 5.41) is 8.47. The number of hydrogen-bond donors (Lipinski definition) is 0. The molecule has 0 aliphatic rings. The van der Waals surface area contributed by atoms with Gasteiger partial charge < -0.3 is 9.64 Å². The molecule has 0 saturated heterocycles. The molecule has 0 N–H and O–H groups in total. The van der Waals surface area contributed by atoms with Crippen LogP contribution in [0, 0.1) is 11.3 Å². The first-order valence-corrected chi connectivity index (χ1v) is 5.93. The van der Waals surface area contributed by atoms with E-state index in [4.69, 9.17) is 10.00 Å². The molecule has 0 aliphatic heterocycles. The third-order valence-electron chi connectivity index (χ3n) is 2.60. The summed E-state index contributed by atoms with van der Waals surface area (Å²) in [6, 6.07) is 9.33. The predicted molar refractivity (Wildman–Crippen MR) is 69.7 cm³/mol. The second-order valence-corrected chi connectivity index (χ2v) is 4.11. The van der Waals surface area contributed by atoms with Crippen LogP contribution >= 0.6 is 0 Å². The Morgan fingerprint density at radius 2 is 2.11 bits per heavy atom. The molecule has 4 nitrogen and oxygen atoms in total. The fourth-order valence-corrected chi connectivity index (χ4v) is 1.55. The average Bonchev–Trinajstić information content (AvgIpc) is 2.36. The Kier molecular flexibility index (Phi) is 5.89. The van der Waals surface area contributed by atoms with Crippen molar-refractivity contribution < 1.29 is 9.53 Å². The van der Waals surface area contributed by atoms with Gasteiger partial charge in [0, 0.05) is 19.5 Å². The summed E-state index contributed by atoms with van der Waals surface area (Å²) < 4.78 is 5.60. The minimum atomic E-state index is 0.00318. The van der Waals surface area contributed by atoms with E-state index in [1.807, 2.05) is 24.1 Å². The van der Waals surface area contributed by atoms with Gasteiger partial charge in [-0.3, -0.25) is 4.79 Å². The molecule has 0 fully saturated rings. The van der Waals surface area contributed by atoms with Crippen LogP contribution in [0.15, 0.2) is 24.3 Å². The van der Waals surface area contributed by atoms with Crippen LogP contribution in [0.3, 0.4) is 0 Å². The molecule has 4 heteroatoms. The third kappa shape index (κ3) is 4.56. The largest absolute Gasteiger partial charge is 0.491 e. The number of nitriles is 1. The highest BCUT2D eigenvalue weighted by molar-refractivity contribution is 5.96. The molecule has 0 aromatic heterocycles. The molecule has 0 spiro atoms. The Morgan fingerprint density at radius 1 is 1.39 bits per heavy atom. The third-order valence-corrected chi connectivity index (χ3v) is 2.60. The van der Waals surface area contributed by atoms with E-state index >= 15 is 0 Å². The quantitative estimate of drug-likeness (QED) is 0.691. The first-order chi connectivity index (χ1) is 8.65. The highest BCUT2D eigenvalue weighted by atomic mass is 16.5. The molecule has 0 saturated carbocycles. The van der Waals surface area contributed by atoms with Gasteiger partial charge in [0.15, 0.2) is 5.78 Å². The highest BCUT2D eigenvalue weighted by Crippen LogP contribution is 2.18. The number of para-hydroxylation sites is 1. The maximum Gasteiger partial charge on any atom is 0.163 e. The lowest BCUT2D eigenvalue weighted by atomic mass is 10.1. The number of rotatable bonds is 7. The Labute approximate surface area is 108 Å². The van der Waals surface area contributed by atoms with Crippen molar-refractivity contribution in [2.45, 2.75) is 13.3 Å². The molecule has 0 heterocycles. The molecule has 0 unspecified atom stereocenters. The van der Waals surface area contributed by atoms with Gasteiger partial charge in [-0.2, -0.15) is 5.26 Å². The van der Waals surface area contributed by atoms with E-state index in [0.717, 1.165) is 13.1 Å². The predicted octanol–water partition coefficient (Wildman–Crippen LogP) is 2.11. The molecular weight excluding hydrogens is 228 g/mol. The number of benzene rings is 1. The molecule has 0 aliphatic carbocycles. The second kappa shape index (κ2) is 7.46.